The first-order chi connectivity index (χ1) is 15.8. The van der Waals surface area contributed by atoms with Gasteiger partial charge in [0.1, 0.15) is 23.4 Å². The van der Waals surface area contributed by atoms with Crippen molar-refractivity contribution >= 4 is 28.7 Å². The summed E-state index contributed by atoms with van der Waals surface area (Å²) in [6.45, 7) is 3.66. The quantitative estimate of drug-likeness (QED) is 0.479. The molecule has 2 heterocycles. The molecule has 2 N–H and O–H groups in total. The Hall–Kier alpha value is -3.82. The minimum atomic E-state index is -1.25. The number of amides is 2. The number of carboxylic acid groups (broad SMARTS) is 1. The van der Waals surface area contributed by atoms with Gasteiger partial charge in [-0.1, -0.05) is 6.08 Å². The number of pyridine rings is 1. The van der Waals surface area contributed by atoms with Crippen molar-refractivity contribution in [3.05, 3.63) is 43.1 Å². The Kier molecular flexibility index (Phi) is 5.84. The van der Waals surface area contributed by atoms with E-state index in [1.165, 1.54) is 7.11 Å². The van der Waals surface area contributed by atoms with Crippen molar-refractivity contribution in [2.45, 2.75) is 30.5 Å². The average Bonchev–Trinajstić information content (AvgIpc) is 3.36. The third-order valence-corrected chi connectivity index (χ3v) is 6.22. The number of carbonyl (C=O) groups is 3. The van der Waals surface area contributed by atoms with Crippen LogP contribution in [-0.2, 0) is 14.3 Å². The second kappa shape index (κ2) is 8.61. The van der Waals surface area contributed by atoms with Gasteiger partial charge in [-0.05, 0) is 36.1 Å². The zero-order chi connectivity index (χ0) is 23.8. The van der Waals surface area contributed by atoms with Crippen molar-refractivity contribution in [2.24, 2.45) is 5.92 Å². The van der Waals surface area contributed by atoms with Gasteiger partial charge in [0.05, 0.1) is 20.8 Å². The van der Waals surface area contributed by atoms with Crippen LogP contribution in [0.1, 0.15) is 12.8 Å². The molecule has 1 aromatic heterocycles. The van der Waals surface area contributed by atoms with Crippen LogP contribution in [0.15, 0.2) is 43.1 Å². The highest BCUT2D eigenvalue weighted by Gasteiger charge is 2.61. The van der Waals surface area contributed by atoms with Crippen LogP contribution in [0, 0.1) is 5.92 Å². The largest absolute Gasteiger partial charge is 0.497 e. The summed E-state index contributed by atoms with van der Waals surface area (Å²) in [6, 6.07) is 6.24. The Morgan fingerprint density at radius 1 is 1.30 bits per heavy atom. The number of hydrogen-bond acceptors (Lipinski definition) is 7. The van der Waals surface area contributed by atoms with Crippen LogP contribution in [-0.4, -0.2) is 71.4 Å². The molecule has 10 nitrogen and oxygen atoms in total. The topological polar surface area (TPSA) is 127 Å². The molecule has 2 aliphatic rings. The predicted octanol–water partition coefficient (Wildman–Crippen LogP) is 1.98. The maximum Gasteiger partial charge on any atom is 0.408 e. The van der Waals surface area contributed by atoms with Gasteiger partial charge in [-0.25, -0.2) is 14.6 Å². The maximum atomic E-state index is 13.0. The highest BCUT2D eigenvalue weighted by Crippen LogP contribution is 2.45. The van der Waals surface area contributed by atoms with E-state index in [4.69, 9.17) is 14.2 Å². The van der Waals surface area contributed by atoms with Crippen LogP contribution >= 0.6 is 0 Å². The van der Waals surface area contributed by atoms with Crippen molar-refractivity contribution in [1.82, 2.24) is 15.2 Å². The summed E-state index contributed by atoms with van der Waals surface area (Å²) in [5.41, 5.74) is -1.20. The summed E-state index contributed by atoms with van der Waals surface area (Å²) in [7, 11) is 2.82. The first-order valence-corrected chi connectivity index (χ1v) is 10.4. The van der Waals surface area contributed by atoms with Gasteiger partial charge in [0, 0.05) is 23.9 Å². The summed E-state index contributed by atoms with van der Waals surface area (Å²) in [4.78, 5) is 42.4. The van der Waals surface area contributed by atoms with Gasteiger partial charge in [0.25, 0.3) is 0 Å². The fourth-order valence-electron chi connectivity index (χ4n) is 4.34. The van der Waals surface area contributed by atoms with E-state index in [2.05, 4.69) is 16.9 Å². The fraction of sp³-hybridized carbons (Fsp3) is 0.391. The summed E-state index contributed by atoms with van der Waals surface area (Å²) in [5, 5.41) is 14.0. The average molecular weight is 455 g/mol. The molecule has 1 aromatic carbocycles. The molecule has 174 valence electrons. The molecular formula is C23H25N3O7. The summed E-state index contributed by atoms with van der Waals surface area (Å²) in [5.74, 6) is -0.395. The van der Waals surface area contributed by atoms with Gasteiger partial charge < -0.3 is 24.6 Å². The number of rotatable bonds is 7. The molecule has 1 saturated carbocycles. The number of esters is 1. The lowest BCUT2D eigenvalue weighted by molar-refractivity contribution is -0.147. The van der Waals surface area contributed by atoms with E-state index in [0.717, 1.165) is 15.7 Å². The van der Waals surface area contributed by atoms with E-state index in [9.17, 15) is 19.5 Å². The number of carbonyl (C=O) groups excluding carboxylic acids is 2. The Morgan fingerprint density at radius 3 is 2.73 bits per heavy atom. The molecule has 10 heteroatoms. The van der Waals surface area contributed by atoms with Crippen LogP contribution < -0.4 is 14.8 Å². The lowest BCUT2D eigenvalue weighted by Gasteiger charge is -2.23. The number of methoxy groups -OCH3 is 2. The van der Waals surface area contributed by atoms with Crippen LogP contribution in [0.3, 0.4) is 0 Å². The van der Waals surface area contributed by atoms with Crippen molar-refractivity contribution in [3.63, 3.8) is 0 Å². The predicted molar refractivity (Wildman–Crippen MR) is 117 cm³/mol. The van der Waals surface area contributed by atoms with Crippen molar-refractivity contribution in [2.75, 3.05) is 20.8 Å². The van der Waals surface area contributed by atoms with Gasteiger partial charge >= 0.3 is 12.1 Å². The lowest BCUT2D eigenvalue weighted by atomic mass is 10.1. The third kappa shape index (κ3) is 4.04. The van der Waals surface area contributed by atoms with Gasteiger partial charge in [-0.3, -0.25) is 9.69 Å². The molecule has 0 spiro atoms. The molecule has 1 saturated heterocycles. The summed E-state index contributed by atoms with van der Waals surface area (Å²) >= 11 is 0. The Balaban J connectivity index is 1.52. The van der Waals surface area contributed by atoms with E-state index in [-0.39, 0.29) is 18.9 Å². The monoisotopic (exact) mass is 455 g/mol. The Labute approximate surface area is 190 Å². The number of aromatic nitrogens is 1. The van der Waals surface area contributed by atoms with Gasteiger partial charge in [0.15, 0.2) is 0 Å². The van der Waals surface area contributed by atoms with Gasteiger partial charge in [-0.2, -0.15) is 0 Å². The molecular weight excluding hydrogens is 430 g/mol. The minimum Gasteiger partial charge on any atom is -0.497 e. The van der Waals surface area contributed by atoms with Crippen molar-refractivity contribution < 1.29 is 33.7 Å². The standard InChI is InChI=1S/C23H25N3O7/c1-4-14-11-23(14,21(28)32-3)25-19(27)18-10-16(12-26(18)22(29)30)33-20-17-6-5-15(31-2)9-13(17)7-8-24-20/h4-9,14,16,18H,1,10-12H2,2-3H3,(H,25,27)(H,29,30). The molecule has 1 aliphatic heterocycles. The Bertz CT molecular complexity index is 1120. The van der Waals surface area contributed by atoms with Crippen LogP contribution in [0.2, 0.25) is 0 Å². The number of hydrogen-bond donors (Lipinski definition) is 2. The zero-order valence-corrected chi connectivity index (χ0v) is 18.3. The van der Waals surface area contributed by atoms with E-state index >= 15 is 0 Å². The Morgan fingerprint density at radius 2 is 2.09 bits per heavy atom. The normalized spacial score (nSPS) is 25.9. The number of fused-ring (bicyclic) bond motifs is 1. The van der Waals surface area contributed by atoms with E-state index in [1.807, 2.05) is 18.2 Å². The van der Waals surface area contributed by atoms with Crippen molar-refractivity contribution in [1.29, 1.82) is 0 Å². The molecule has 1 aliphatic carbocycles. The molecule has 4 rings (SSSR count). The lowest BCUT2D eigenvalue weighted by Crippen LogP contribution is -2.53. The molecule has 2 fully saturated rings. The second-order valence-electron chi connectivity index (χ2n) is 8.13. The first kappa shape index (κ1) is 22.4. The van der Waals surface area contributed by atoms with Crippen LogP contribution in [0.4, 0.5) is 4.79 Å². The van der Waals surface area contributed by atoms with Crippen LogP contribution in [0.5, 0.6) is 11.6 Å². The fourth-order valence-corrected chi connectivity index (χ4v) is 4.34. The van der Waals surface area contributed by atoms with E-state index < -0.39 is 35.7 Å². The van der Waals surface area contributed by atoms with E-state index in [1.54, 1.807) is 25.4 Å². The highest BCUT2D eigenvalue weighted by molar-refractivity contribution is 5.95. The molecule has 0 bridgehead atoms. The van der Waals surface area contributed by atoms with Crippen LogP contribution in [0.25, 0.3) is 10.8 Å². The van der Waals surface area contributed by atoms with Crippen molar-refractivity contribution in [3.8, 4) is 11.6 Å². The van der Waals surface area contributed by atoms with E-state index in [0.29, 0.717) is 18.1 Å². The maximum absolute atomic E-state index is 13.0. The number of nitrogens with one attached hydrogen (secondary N) is 1. The molecule has 0 radical (unpaired) electrons. The smallest absolute Gasteiger partial charge is 0.408 e. The number of ether oxygens (including phenoxy) is 3. The molecule has 33 heavy (non-hydrogen) atoms. The molecule has 2 aromatic rings. The number of likely N-dealkylation sites (tertiary alicyclic amines) is 1. The number of benzene rings is 1. The second-order valence-corrected chi connectivity index (χ2v) is 8.13. The SMILES string of the molecule is C=CC1CC1(NC(=O)C1CC(Oc2nccc3cc(OC)ccc23)CN1C(=O)O)C(=O)OC. The van der Waals surface area contributed by atoms with Gasteiger partial charge in [-0.15, -0.1) is 6.58 Å². The first-order valence-electron chi connectivity index (χ1n) is 10.4. The number of nitrogens with zero attached hydrogens (tertiary/aromatic N) is 2. The van der Waals surface area contributed by atoms with Gasteiger partial charge in [0.2, 0.25) is 11.8 Å². The third-order valence-electron chi connectivity index (χ3n) is 6.22. The zero-order valence-electron chi connectivity index (χ0n) is 18.3. The highest BCUT2D eigenvalue weighted by atomic mass is 16.5. The summed E-state index contributed by atoms with van der Waals surface area (Å²) in [6.07, 6.45) is 1.79. The summed E-state index contributed by atoms with van der Waals surface area (Å²) < 4.78 is 16.1. The molecule has 4 atom stereocenters. The molecule has 4 unspecified atom stereocenters. The minimum absolute atomic E-state index is 0.0161. The molecule has 2 amide bonds.